The Kier molecular flexibility index (Phi) is 6.37. The van der Waals surface area contributed by atoms with Gasteiger partial charge in [0.05, 0.1) is 10.6 Å². The van der Waals surface area contributed by atoms with Crippen molar-refractivity contribution in [1.82, 2.24) is 4.98 Å². The Morgan fingerprint density at radius 2 is 1.45 bits per heavy atom. The third-order valence-electron chi connectivity index (χ3n) is 5.01. The SMILES string of the molecule is CN(c1ccc(NC(=O)Nc2ccccc2)cc1)S(=O)(=O)c1cccc(-c2cccnc2)c1. The van der Waals surface area contributed by atoms with Crippen molar-refractivity contribution in [3.63, 3.8) is 0 Å². The molecule has 3 aromatic carbocycles. The van der Waals surface area contributed by atoms with E-state index in [9.17, 15) is 13.2 Å². The van der Waals surface area contributed by atoms with Gasteiger partial charge in [0.2, 0.25) is 0 Å². The standard InChI is InChI=1S/C25H22N4O3S/c1-29(33(31,32)24-11-5-7-19(17-24)20-8-6-16-26-18-20)23-14-12-22(13-15-23)28-25(30)27-21-9-3-2-4-10-21/h2-18H,1H3,(H2,27,28,30). The fourth-order valence-corrected chi connectivity index (χ4v) is 4.48. The number of carbonyl (C=O) groups excluding carboxylic acids is 1. The summed E-state index contributed by atoms with van der Waals surface area (Å²) in [6.07, 6.45) is 3.36. The zero-order valence-electron chi connectivity index (χ0n) is 17.8. The van der Waals surface area contributed by atoms with Crippen LogP contribution in [0.2, 0.25) is 0 Å². The summed E-state index contributed by atoms with van der Waals surface area (Å²) in [7, 11) is -2.29. The summed E-state index contributed by atoms with van der Waals surface area (Å²) in [4.78, 5) is 16.4. The molecule has 0 saturated heterocycles. The second-order valence-electron chi connectivity index (χ2n) is 7.23. The number of carbonyl (C=O) groups is 1. The fraction of sp³-hybridized carbons (Fsp3) is 0.0400. The third-order valence-corrected chi connectivity index (χ3v) is 6.79. The van der Waals surface area contributed by atoms with Gasteiger partial charge in [-0.05, 0) is 60.2 Å². The first-order chi connectivity index (χ1) is 15.9. The molecule has 0 unspecified atom stereocenters. The van der Waals surface area contributed by atoms with Gasteiger partial charge in [0.15, 0.2) is 0 Å². The molecule has 0 aliphatic rings. The maximum absolute atomic E-state index is 13.2. The van der Waals surface area contributed by atoms with Crippen LogP contribution in [0.25, 0.3) is 11.1 Å². The van der Waals surface area contributed by atoms with Crippen LogP contribution in [0, 0.1) is 0 Å². The zero-order chi connectivity index (χ0) is 23.3. The van der Waals surface area contributed by atoms with Gasteiger partial charge in [-0.1, -0.05) is 36.4 Å². The molecule has 0 aliphatic carbocycles. The summed E-state index contributed by atoms with van der Waals surface area (Å²) in [5.41, 5.74) is 3.28. The van der Waals surface area contributed by atoms with Crippen LogP contribution in [0.3, 0.4) is 0 Å². The molecule has 8 heteroatoms. The van der Waals surface area contributed by atoms with E-state index >= 15 is 0 Å². The van der Waals surface area contributed by atoms with E-state index in [-0.39, 0.29) is 10.9 Å². The van der Waals surface area contributed by atoms with Crippen molar-refractivity contribution in [1.29, 1.82) is 0 Å². The van der Waals surface area contributed by atoms with Gasteiger partial charge in [-0.25, -0.2) is 13.2 Å². The Labute approximate surface area is 192 Å². The maximum atomic E-state index is 13.2. The van der Waals surface area contributed by atoms with Crippen molar-refractivity contribution in [3.8, 4) is 11.1 Å². The molecule has 0 atom stereocenters. The van der Waals surface area contributed by atoms with Gasteiger partial charge in [-0.15, -0.1) is 0 Å². The van der Waals surface area contributed by atoms with Crippen LogP contribution in [0.15, 0.2) is 108 Å². The zero-order valence-corrected chi connectivity index (χ0v) is 18.7. The highest BCUT2D eigenvalue weighted by Gasteiger charge is 2.22. The summed E-state index contributed by atoms with van der Waals surface area (Å²) in [5, 5.41) is 5.46. The number of nitrogens with one attached hydrogen (secondary N) is 2. The van der Waals surface area contributed by atoms with Gasteiger partial charge in [0, 0.05) is 36.4 Å². The molecule has 2 amide bonds. The average molecular weight is 459 g/mol. The van der Waals surface area contributed by atoms with Crippen LogP contribution >= 0.6 is 0 Å². The Balaban J connectivity index is 1.48. The lowest BCUT2D eigenvalue weighted by atomic mass is 10.1. The first-order valence-corrected chi connectivity index (χ1v) is 11.6. The smallest absolute Gasteiger partial charge is 0.308 e. The molecule has 166 valence electrons. The maximum Gasteiger partial charge on any atom is 0.323 e. The summed E-state index contributed by atoms with van der Waals surface area (Å²) in [6.45, 7) is 0. The lowest BCUT2D eigenvalue weighted by molar-refractivity contribution is 0.262. The summed E-state index contributed by atoms with van der Waals surface area (Å²) in [6, 6.07) is 25.7. The van der Waals surface area contributed by atoms with Crippen molar-refractivity contribution in [2.75, 3.05) is 22.0 Å². The quantitative estimate of drug-likeness (QED) is 0.415. The van der Waals surface area contributed by atoms with E-state index in [0.29, 0.717) is 17.1 Å². The van der Waals surface area contributed by atoms with Gasteiger partial charge >= 0.3 is 6.03 Å². The summed E-state index contributed by atoms with van der Waals surface area (Å²) >= 11 is 0. The molecule has 0 fully saturated rings. The molecule has 0 aliphatic heterocycles. The largest absolute Gasteiger partial charge is 0.323 e. The predicted molar refractivity (Wildman–Crippen MR) is 131 cm³/mol. The number of pyridine rings is 1. The molecule has 1 heterocycles. The highest BCUT2D eigenvalue weighted by Crippen LogP contribution is 2.27. The molecular weight excluding hydrogens is 436 g/mol. The molecule has 33 heavy (non-hydrogen) atoms. The topological polar surface area (TPSA) is 91.4 Å². The Morgan fingerprint density at radius 3 is 2.12 bits per heavy atom. The fourth-order valence-electron chi connectivity index (χ4n) is 3.24. The molecule has 0 bridgehead atoms. The van der Waals surface area contributed by atoms with Crippen LogP contribution in [0.5, 0.6) is 0 Å². The summed E-state index contributed by atoms with van der Waals surface area (Å²) in [5.74, 6) is 0. The molecule has 0 radical (unpaired) electrons. The molecule has 7 nitrogen and oxygen atoms in total. The predicted octanol–water partition coefficient (Wildman–Crippen LogP) is 5.22. The number of amides is 2. The minimum atomic E-state index is -3.79. The number of benzene rings is 3. The van der Waals surface area contributed by atoms with Gasteiger partial charge in [0.1, 0.15) is 0 Å². The van der Waals surface area contributed by atoms with Crippen LogP contribution in [0.4, 0.5) is 21.9 Å². The molecule has 0 spiro atoms. The van der Waals surface area contributed by atoms with Gasteiger partial charge in [-0.2, -0.15) is 0 Å². The molecular formula is C25H22N4O3S. The minimum Gasteiger partial charge on any atom is -0.308 e. The number of hydrogen-bond acceptors (Lipinski definition) is 4. The second-order valence-corrected chi connectivity index (χ2v) is 9.20. The van der Waals surface area contributed by atoms with Gasteiger partial charge in [0.25, 0.3) is 10.0 Å². The average Bonchev–Trinajstić information content (AvgIpc) is 2.85. The van der Waals surface area contributed by atoms with Crippen molar-refractivity contribution in [2.24, 2.45) is 0 Å². The van der Waals surface area contributed by atoms with Crippen LogP contribution in [0.1, 0.15) is 0 Å². The molecule has 4 rings (SSSR count). The number of anilines is 3. The Morgan fingerprint density at radius 1 is 0.788 bits per heavy atom. The first-order valence-electron chi connectivity index (χ1n) is 10.2. The number of sulfonamides is 1. The highest BCUT2D eigenvalue weighted by atomic mass is 32.2. The van der Waals surface area contributed by atoms with Crippen molar-refractivity contribution >= 4 is 33.1 Å². The molecule has 0 saturated carbocycles. The number of urea groups is 1. The third kappa shape index (κ3) is 5.19. The second kappa shape index (κ2) is 9.54. The van der Waals surface area contributed by atoms with Crippen LogP contribution < -0.4 is 14.9 Å². The number of rotatable bonds is 6. The van der Waals surface area contributed by atoms with Crippen molar-refractivity contribution in [2.45, 2.75) is 4.90 Å². The van der Waals surface area contributed by atoms with E-state index in [0.717, 1.165) is 11.1 Å². The number of para-hydroxylation sites is 1. The van der Waals surface area contributed by atoms with E-state index in [1.54, 1.807) is 73.1 Å². The number of hydrogen-bond donors (Lipinski definition) is 2. The van der Waals surface area contributed by atoms with E-state index < -0.39 is 10.0 Å². The van der Waals surface area contributed by atoms with E-state index in [2.05, 4.69) is 15.6 Å². The number of nitrogens with zero attached hydrogens (tertiary/aromatic N) is 2. The lowest BCUT2D eigenvalue weighted by Gasteiger charge is -2.20. The van der Waals surface area contributed by atoms with Crippen molar-refractivity contribution in [3.05, 3.63) is 103 Å². The molecule has 4 aromatic rings. The normalized spacial score (nSPS) is 10.9. The first kappa shape index (κ1) is 22.0. The van der Waals surface area contributed by atoms with Gasteiger partial charge in [-0.3, -0.25) is 9.29 Å². The molecule has 1 aromatic heterocycles. The Hall–Kier alpha value is -4.17. The van der Waals surface area contributed by atoms with E-state index in [1.165, 1.54) is 11.4 Å². The lowest BCUT2D eigenvalue weighted by Crippen LogP contribution is -2.26. The van der Waals surface area contributed by atoms with Gasteiger partial charge < -0.3 is 10.6 Å². The monoisotopic (exact) mass is 458 g/mol. The minimum absolute atomic E-state index is 0.177. The highest BCUT2D eigenvalue weighted by molar-refractivity contribution is 7.92. The Bertz CT molecular complexity index is 1340. The van der Waals surface area contributed by atoms with Crippen LogP contribution in [-0.4, -0.2) is 26.5 Å². The van der Waals surface area contributed by atoms with E-state index in [1.807, 2.05) is 30.3 Å². The number of aromatic nitrogens is 1. The van der Waals surface area contributed by atoms with E-state index in [4.69, 9.17) is 0 Å². The molecule has 2 N–H and O–H groups in total. The summed E-state index contributed by atoms with van der Waals surface area (Å²) < 4.78 is 27.6. The van der Waals surface area contributed by atoms with Crippen molar-refractivity contribution < 1.29 is 13.2 Å². The van der Waals surface area contributed by atoms with Crippen LogP contribution in [-0.2, 0) is 10.0 Å².